The van der Waals surface area contributed by atoms with Crippen molar-refractivity contribution >= 4 is 5.91 Å². The van der Waals surface area contributed by atoms with E-state index in [1.54, 1.807) is 13.1 Å². The van der Waals surface area contributed by atoms with Gasteiger partial charge in [0.05, 0.1) is 11.9 Å². The van der Waals surface area contributed by atoms with E-state index in [9.17, 15) is 4.79 Å². The van der Waals surface area contributed by atoms with E-state index in [4.69, 9.17) is 4.52 Å². The minimum Gasteiger partial charge on any atom is -0.361 e. The van der Waals surface area contributed by atoms with Crippen LogP contribution in [0.15, 0.2) is 53.3 Å². The van der Waals surface area contributed by atoms with Gasteiger partial charge in [-0.2, -0.15) is 0 Å². The second kappa shape index (κ2) is 6.83. The maximum Gasteiger partial charge on any atom is 0.256 e. The fraction of sp³-hybridized carbons (Fsp3) is 0.176. The summed E-state index contributed by atoms with van der Waals surface area (Å²) in [6.45, 7) is 2.15. The molecule has 1 N–H and O–H groups in total. The monoisotopic (exact) mass is 308 g/mol. The first-order chi connectivity index (χ1) is 11.2. The average Bonchev–Trinajstić information content (AvgIpc) is 3.02. The lowest BCUT2D eigenvalue weighted by molar-refractivity contribution is 0.0952. The summed E-state index contributed by atoms with van der Waals surface area (Å²) in [5, 5.41) is 6.41. The number of hydrogen-bond donors (Lipinski definition) is 1. The molecule has 3 aromatic rings. The maximum atomic E-state index is 12.0. The number of benzene rings is 1. The number of carbonyl (C=O) groups is 1. The van der Waals surface area contributed by atoms with Gasteiger partial charge in [-0.3, -0.25) is 4.79 Å². The van der Waals surface area contributed by atoms with Crippen molar-refractivity contribution in [2.75, 3.05) is 6.54 Å². The summed E-state index contributed by atoms with van der Waals surface area (Å²) in [5.41, 5.74) is 2.36. The molecule has 2 aromatic heterocycles. The van der Waals surface area contributed by atoms with Crippen molar-refractivity contribution in [3.63, 3.8) is 0 Å². The van der Waals surface area contributed by atoms with E-state index in [1.807, 2.05) is 36.4 Å². The number of nitrogens with one attached hydrogen (secondary N) is 1. The summed E-state index contributed by atoms with van der Waals surface area (Å²) >= 11 is 0. The Morgan fingerprint density at radius 2 is 2.04 bits per heavy atom. The van der Waals surface area contributed by atoms with Crippen molar-refractivity contribution in [1.29, 1.82) is 0 Å². The van der Waals surface area contributed by atoms with Crippen molar-refractivity contribution in [1.82, 2.24) is 20.4 Å². The van der Waals surface area contributed by atoms with Crippen LogP contribution < -0.4 is 5.32 Å². The highest BCUT2D eigenvalue weighted by molar-refractivity contribution is 5.94. The molecule has 0 aliphatic carbocycles. The van der Waals surface area contributed by atoms with Gasteiger partial charge in [0.2, 0.25) is 0 Å². The first-order valence-electron chi connectivity index (χ1n) is 7.31. The standard InChI is InChI=1S/C17H16N4O2/c1-12-14(11-20-23-12)17(22)19-10-8-16-18-9-7-15(21-16)13-5-3-2-4-6-13/h2-7,9,11H,8,10H2,1H3,(H,19,22). The topological polar surface area (TPSA) is 80.9 Å². The molecule has 6 heteroatoms. The summed E-state index contributed by atoms with van der Waals surface area (Å²) in [7, 11) is 0. The molecule has 3 rings (SSSR count). The van der Waals surface area contributed by atoms with E-state index in [2.05, 4.69) is 20.4 Å². The molecule has 0 radical (unpaired) electrons. The SMILES string of the molecule is Cc1oncc1C(=O)NCCc1nccc(-c2ccccc2)n1. The van der Waals surface area contributed by atoms with Gasteiger partial charge in [0.15, 0.2) is 0 Å². The lowest BCUT2D eigenvalue weighted by Crippen LogP contribution is -2.26. The van der Waals surface area contributed by atoms with Crippen LogP contribution >= 0.6 is 0 Å². The van der Waals surface area contributed by atoms with Crippen molar-refractivity contribution in [3.05, 3.63) is 65.9 Å². The molecule has 0 unspecified atom stereocenters. The van der Waals surface area contributed by atoms with Gasteiger partial charge >= 0.3 is 0 Å². The van der Waals surface area contributed by atoms with Gasteiger partial charge in [-0.15, -0.1) is 0 Å². The molecule has 1 amide bonds. The first kappa shape index (κ1) is 14.9. The van der Waals surface area contributed by atoms with Gasteiger partial charge in [0.1, 0.15) is 17.1 Å². The van der Waals surface area contributed by atoms with E-state index in [-0.39, 0.29) is 5.91 Å². The average molecular weight is 308 g/mol. The molecule has 23 heavy (non-hydrogen) atoms. The number of carbonyl (C=O) groups excluding carboxylic acids is 1. The van der Waals surface area contributed by atoms with E-state index in [1.165, 1.54) is 6.20 Å². The van der Waals surface area contributed by atoms with Gasteiger partial charge in [0.25, 0.3) is 5.91 Å². The Hall–Kier alpha value is -3.02. The zero-order valence-electron chi connectivity index (χ0n) is 12.7. The first-order valence-corrected chi connectivity index (χ1v) is 7.31. The van der Waals surface area contributed by atoms with Gasteiger partial charge < -0.3 is 9.84 Å². The van der Waals surface area contributed by atoms with Gasteiger partial charge in [-0.1, -0.05) is 35.5 Å². The maximum absolute atomic E-state index is 12.0. The molecule has 0 fully saturated rings. The molecule has 116 valence electrons. The molecule has 0 aliphatic rings. The molecule has 0 saturated heterocycles. The number of aryl methyl sites for hydroxylation is 1. The zero-order valence-corrected chi connectivity index (χ0v) is 12.7. The summed E-state index contributed by atoms with van der Waals surface area (Å²) in [6.07, 6.45) is 3.70. The summed E-state index contributed by atoms with van der Waals surface area (Å²) in [5.74, 6) is 0.987. The van der Waals surface area contributed by atoms with Crippen LogP contribution in [0, 0.1) is 6.92 Å². The minimum absolute atomic E-state index is 0.206. The van der Waals surface area contributed by atoms with Crippen molar-refractivity contribution in [2.45, 2.75) is 13.3 Å². The third kappa shape index (κ3) is 3.60. The molecule has 6 nitrogen and oxygen atoms in total. The molecule has 0 aliphatic heterocycles. The Morgan fingerprint density at radius 3 is 2.78 bits per heavy atom. The molecular formula is C17H16N4O2. The lowest BCUT2D eigenvalue weighted by atomic mass is 10.1. The van der Waals surface area contributed by atoms with E-state index < -0.39 is 0 Å². The smallest absolute Gasteiger partial charge is 0.256 e. The van der Waals surface area contributed by atoms with Crippen molar-refractivity contribution in [3.8, 4) is 11.3 Å². The number of hydrogen-bond acceptors (Lipinski definition) is 5. The Labute approximate surface area is 133 Å². The largest absolute Gasteiger partial charge is 0.361 e. The van der Waals surface area contributed by atoms with Crippen LogP contribution in [0.2, 0.25) is 0 Å². The van der Waals surface area contributed by atoms with Crippen LogP contribution in [0.3, 0.4) is 0 Å². The lowest BCUT2D eigenvalue weighted by Gasteiger charge is -2.05. The highest BCUT2D eigenvalue weighted by Gasteiger charge is 2.12. The Balaban J connectivity index is 1.61. The number of aromatic nitrogens is 3. The summed E-state index contributed by atoms with van der Waals surface area (Å²) < 4.78 is 4.88. The van der Waals surface area contributed by atoms with Gasteiger partial charge in [0, 0.05) is 24.7 Å². The molecule has 2 heterocycles. The predicted molar refractivity (Wildman–Crippen MR) is 84.7 cm³/mol. The highest BCUT2D eigenvalue weighted by atomic mass is 16.5. The quantitative estimate of drug-likeness (QED) is 0.783. The molecule has 0 bridgehead atoms. The van der Waals surface area contributed by atoms with E-state index in [0.29, 0.717) is 30.1 Å². The summed E-state index contributed by atoms with van der Waals surface area (Å²) in [6, 6.07) is 11.8. The molecular weight excluding hydrogens is 292 g/mol. The van der Waals surface area contributed by atoms with Crippen molar-refractivity contribution < 1.29 is 9.32 Å². The van der Waals surface area contributed by atoms with Gasteiger partial charge in [-0.25, -0.2) is 9.97 Å². The van der Waals surface area contributed by atoms with Crippen LogP contribution in [0.4, 0.5) is 0 Å². The Kier molecular flexibility index (Phi) is 4.42. The molecule has 0 atom stereocenters. The van der Waals surface area contributed by atoms with Crippen molar-refractivity contribution in [2.24, 2.45) is 0 Å². The molecule has 1 aromatic carbocycles. The van der Waals surface area contributed by atoms with E-state index >= 15 is 0 Å². The van der Waals surface area contributed by atoms with E-state index in [0.717, 1.165) is 11.3 Å². The third-order valence-electron chi connectivity index (χ3n) is 3.40. The molecule has 0 spiro atoms. The number of amides is 1. The van der Waals surface area contributed by atoms with Crippen LogP contribution in [0.5, 0.6) is 0 Å². The number of nitrogens with zero attached hydrogens (tertiary/aromatic N) is 3. The fourth-order valence-electron chi connectivity index (χ4n) is 2.19. The zero-order chi connectivity index (χ0) is 16.1. The third-order valence-corrected chi connectivity index (χ3v) is 3.40. The van der Waals surface area contributed by atoms with Crippen LogP contribution in [-0.2, 0) is 6.42 Å². The van der Waals surface area contributed by atoms with Crippen LogP contribution in [0.1, 0.15) is 21.9 Å². The predicted octanol–water partition coefficient (Wildman–Crippen LogP) is 2.41. The van der Waals surface area contributed by atoms with Crippen LogP contribution in [-0.4, -0.2) is 27.6 Å². The van der Waals surface area contributed by atoms with Gasteiger partial charge in [-0.05, 0) is 13.0 Å². The fourth-order valence-corrected chi connectivity index (χ4v) is 2.19. The second-order valence-electron chi connectivity index (χ2n) is 5.03. The summed E-state index contributed by atoms with van der Waals surface area (Å²) in [4.78, 5) is 20.7. The number of rotatable bonds is 5. The molecule has 0 saturated carbocycles. The second-order valence-corrected chi connectivity index (χ2v) is 5.03. The Morgan fingerprint density at radius 1 is 1.22 bits per heavy atom. The normalized spacial score (nSPS) is 10.5. The highest BCUT2D eigenvalue weighted by Crippen LogP contribution is 2.15. The minimum atomic E-state index is -0.206. The van der Waals surface area contributed by atoms with Crippen LogP contribution in [0.25, 0.3) is 11.3 Å². The Bertz CT molecular complexity index is 799.